The van der Waals surface area contributed by atoms with Gasteiger partial charge in [-0.05, 0) is 24.2 Å². The van der Waals surface area contributed by atoms with Crippen LogP contribution in [-0.2, 0) is 11.2 Å². The van der Waals surface area contributed by atoms with Gasteiger partial charge in [-0.3, -0.25) is 4.79 Å². The maximum absolute atomic E-state index is 11.7. The van der Waals surface area contributed by atoms with Gasteiger partial charge in [0.25, 0.3) is 0 Å². The molecule has 4 heteroatoms. The molecule has 0 bridgehead atoms. The highest BCUT2D eigenvalue weighted by atomic mass is 16.2. The Kier molecular flexibility index (Phi) is 2.84. The molecule has 1 atom stereocenters. The maximum atomic E-state index is 11.7. The molecular weight excluding hydrogens is 226 g/mol. The van der Waals surface area contributed by atoms with Crippen LogP contribution in [0.15, 0.2) is 18.2 Å². The number of rotatable bonds is 3. The van der Waals surface area contributed by atoms with Gasteiger partial charge in [0.1, 0.15) is 0 Å². The third-order valence-electron chi connectivity index (χ3n) is 4.14. The molecule has 2 heterocycles. The summed E-state index contributed by atoms with van der Waals surface area (Å²) in [6.07, 6.45) is 0.541. The first-order valence-corrected chi connectivity index (χ1v) is 6.48. The highest BCUT2D eigenvalue weighted by Crippen LogP contribution is 2.32. The van der Waals surface area contributed by atoms with Crippen LogP contribution < -0.4 is 15.5 Å². The average molecular weight is 245 g/mol. The van der Waals surface area contributed by atoms with E-state index >= 15 is 0 Å². The van der Waals surface area contributed by atoms with Crippen LogP contribution in [0.2, 0.25) is 0 Å². The van der Waals surface area contributed by atoms with Gasteiger partial charge in [-0.2, -0.15) is 0 Å². The number of nitrogens with one attached hydrogen (secondary N) is 2. The average Bonchev–Trinajstić information content (AvgIpc) is 2.59. The van der Waals surface area contributed by atoms with E-state index in [0.29, 0.717) is 18.4 Å². The molecule has 1 unspecified atom stereocenters. The molecule has 1 aromatic rings. The molecule has 0 aromatic heterocycles. The van der Waals surface area contributed by atoms with Crippen molar-refractivity contribution < 1.29 is 4.79 Å². The van der Waals surface area contributed by atoms with Gasteiger partial charge in [0.05, 0.1) is 6.42 Å². The largest absolute Gasteiger partial charge is 0.316 e. The van der Waals surface area contributed by atoms with Gasteiger partial charge in [-0.25, -0.2) is 0 Å². The van der Waals surface area contributed by atoms with Gasteiger partial charge in [-0.1, -0.05) is 12.1 Å². The second-order valence-corrected chi connectivity index (χ2v) is 5.20. The van der Waals surface area contributed by atoms with Crippen LogP contribution in [0.3, 0.4) is 0 Å². The molecule has 0 saturated carbocycles. The number of carbonyl (C=O) groups is 1. The lowest BCUT2D eigenvalue weighted by Crippen LogP contribution is -2.48. The van der Waals surface area contributed by atoms with Crippen molar-refractivity contribution >= 4 is 11.6 Å². The molecule has 2 N–H and O–H groups in total. The van der Waals surface area contributed by atoms with Crippen molar-refractivity contribution in [2.45, 2.75) is 12.5 Å². The van der Waals surface area contributed by atoms with Crippen LogP contribution in [0.25, 0.3) is 0 Å². The van der Waals surface area contributed by atoms with E-state index in [9.17, 15) is 4.79 Å². The first-order chi connectivity index (χ1) is 8.70. The summed E-state index contributed by atoms with van der Waals surface area (Å²) >= 11 is 0. The van der Waals surface area contributed by atoms with Crippen molar-refractivity contribution in [2.75, 3.05) is 32.1 Å². The molecule has 0 radical (unpaired) electrons. The third kappa shape index (κ3) is 1.72. The number of hydrogen-bond donors (Lipinski definition) is 2. The fourth-order valence-corrected chi connectivity index (χ4v) is 2.90. The summed E-state index contributed by atoms with van der Waals surface area (Å²) in [5, 5.41) is 6.71. The first kappa shape index (κ1) is 11.7. The second kappa shape index (κ2) is 4.37. The van der Waals surface area contributed by atoms with Crippen LogP contribution in [0.1, 0.15) is 17.2 Å². The molecule has 0 aliphatic carbocycles. The fourth-order valence-electron chi connectivity index (χ4n) is 2.90. The van der Waals surface area contributed by atoms with Crippen molar-refractivity contribution in [3.8, 4) is 0 Å². The number of benzene rings is 1. The van der Waals surface area contributed by atoms with Gasteiger partial charge in [-0.15, -0.1) is 0 Å². The molecule has 0 spiro atoms. The van der Waals surface area contributed by atoms with Gasteiger partial charge < -0.3 is 15.5 Å². The van der Waals surface area contributed by atoms with E-state index in [1.807, 2.05) is 14.1 Å². The van der Waals surface area contributed by atoms with E-state index in [1.54, 1.807) is 4.90 Å². The Morgan fingerprint density at radius 2 is 2.22 bits per heavy atom. The number of likely N-dealkylation sites (N-methyl/N-ethyl adjacent to an activating group) is 1. The Balaban J connectivity index is 1.90. The van der Waals surface area contributed by atoms with E-state index in [0.717, 1.165) is 24.3 Å². The summed E-state index contributed by atoms with van der Waals surface area (Å²) < 4.78 is 0. The summed E-state index contributed by atoms with van der Waals surface area (Å²) in [6, 6.07) is 6.80. The van der Waals surface area contributed by atoms with Crippen LogP contribution in [-0.4, -0.2) is 33.1 Å². The van der Waals surface area contributed by atoms with Crippen molar-refractivity contribution in [1.82, 2.24) is 10.6 Å². The summed E-state index contributed by atoms with van der Waals surface area (Å²) in [5.41, 5.74) is 3.52. The van der Waals surface area contributed by atoms with Gasteiger partial charge in [0.2, 0.25) is 5.91 Å². The Morgan fingerprint density at radius 3 is 2.83 bits per heavy atom. The molecule has 4 nitrogen and oxygen atoms in total. The third-order valence-corrected chi connectivity index (χ3v) is 4.14. The smallest absolute Gasteiger partial charge is 0.231 e. The molecule has 1 fully saturated rings. The summed E-state index contributed by atoms with van der Waals surface area (Å²) in [4.78, 5) is 13.4. The summed E-state index contributed by atoms with van der Waals surface area (Å²) in [5.74, 6) is 0.844. The lowest BCUT2D eigenvalue weighted by molar-refractivity contribution is -0.117. The highest BCUT2D eigenvalue weighted by molar-refractivity contribution is 6.00. The van der Waals surface area contributed by atoms with Crippen molar-refractivity contribution in [2.24, 2.45) is 5.92 Å². The van der Waals surface area contributed by atoms with E-state index < -0.39 is 0 Å². The van der Waals surface area contributed by atoms with Gasteiger partial charge in [0.15, 0.2) is 0 Å². The van der Waals surface area contributed by atoms with Crippen molar-refractivity contribution in [3.05, 3.63) is 29.3 Å². The van der Waals surface area contributed by atoms with E-state index in [1.165, 1.54) is 5.56 Å². The van der Waals surface area contributed by atoms with Gasteiger partial charge >= 0.3 is 0 Å². The van der Waals surface area contributed by atoms with Crippen LogP contribution >= 0.6 is 0 Å². The predicted molar refractivity (Wildman–Crippen MR) is 71.7 cm³/mol. The number of anilines is 1. The van der Waals surface area contributed by atoms with Gasteiger partial charge in [0, 0.05) is 37.8 Å². The van der Waals surface area contributed by atoms with E-state index in [2.05, 4.69) is 28.8 Å². The Labute approximate surface area is 107 Å². The Hall–Kier alpha value is -1.39. The number of nitrogens with zero attached hydrogens (tertiary/aromatic N) is 1. The monoisotopic (exact) mass is 245 g/mol. The molecule has 1 saturated heterocycles. The lowest BCUT2D eigenvalue weighted by Gasteiger charge is -2.35. The number of fused-ring (bicyclic) bond motifs is 1. The molecule has 2 aliphatic rings. The minimum atomic E-state index is 0.188. The molecular formula is C14H19N3O. The van der Waals surface area contributed by atoms with Crippen molar-refractivity contribution in [1.29, 1.82) is 0 Å². The quantitative estimate of drug-likeness (QED) is 0.823. The molecule has 18 heavy (non-hydrogen) atoms. The highest BCUT2D eigenvalue weighted by Gasteiger charge is 2.29. The van der Waals surface area contributed by atoms with Crippen LogP contribution in [0.5, 0.6) is 0 Å². The van der Waals surface area contributed by atoms with Crippen LogP contribution in [0.4, 0.5) is 5.69 Å². The number of carbonyl (C=O) groups excluding carboxylic acids is 1. The Bertz CT molecular complexity index is 482. The number of amides is 1. The molecule has 2 aliphatic heterocycles. The standard InChI is InChI=1S/C14H19N3O/c1-15-14(11-7-16-8-11)9-3-4-12-10(5-9)6-13(18)17(12)2/h3-5,11,14-16H,6-8H2,1-2H3. The SMILES string of the molecule is CNC(c1ccc2c(c1)CC(=O)N2C)C1CNC1. The topological polar surface area (TPSA) is 44.4 Å². The fraction of sp³-hybridized carbons (Fsp3) is 0.500. The minimum absolute atomic E-state index is 0.188. The Morgan fingerprint density at radius 1 is 1.44 bits per heavy atom. The minimum Gasteiger partial charge on any atom is -0.316 e. The number of hydrogen-bond acceptors (Lipinski definition) is 3. The van der Waals surface area contributed by atoms with E-state index in [4.69, 9.17) is 0 Å². The first-order valence-electron chi connectivity index (χ1n) is 6.48. The summed E-state index contributed by atoms with van der Waals surface area (Å²) in [6.45, 7) is 2.14. The summed E-state index contributed by atoms with van der Waals surface area (Å²) in [7, 11) is 3.85. The zero-order valence-electron chi connectivity index (χ0n) is 10.9. The van der Waals surface area contributed by atoms with Crippen molar-refractivity contribution in [3.63, 3.8) is 0 Å². The van der Waals surface area contributed by atoms with E-state index in [-0.39, 0.29) is 5.91 Å². The zero-order chi connectivity index (χ0) is 12.7. The maximum Gasteiger partial charge on any atom is 0.231 e. The zero-order valence-corrected chi connectivity index (χ0v) is 10.9. The molecule has 1 aromatic carbocycles. The molecule has 1 amide bonds. The van der Waals surface area contributed by atoms with Crippen LogP contribution in [0, 0.1) is 5.92 Å². The second-order valence-electron chi connectivity index (χ2n) is 5.20. The normalized spacial score (nSPS) is 20.8. The molecule has 96 valence electrons. The predicted octanol–water partition coefficient (Wildman–Crippen LogP) is 0.685. The molecule has 3 rings (SSSR count). The lowest BCUT2D eigenvalue weighted by atomic mass is 9.88.